The molecule has 2 aromatic rings. The van der Waals surface area contributed by atoms with E-state index in [2.05, 4.69) is 34.5 Å². The zero-order valence-electron chi connectivity index (χ0n) is 17.1. The molecule has 0 spiro atoms. The Kier molecular flexibility index (Phi) is 6.92. The van der Waals surface area contributed by atoms with E-state index in [1.165, 1.54) is 42.8 Å². The van der Waals surface area contributed by atoms with E-state index in [1.54, 1.807) is 31.2 Å². The Bertz CT molecular complexity index is 919. The van der Waals surface area contributed by atoms with Gasteiger partial charge in [-0.1, -0.05) is 24.3 Å². The number of anilines is 1. The van der Waals surface area contributed by atoms with Gasteiger partial charge in [0, 0.05) is 25.7 Å². The summed E-state index contributed by atoms with van der Waals surface area (Å²) in [7, 11) is -1.80. The minimum Gasteiger partial charge on any atom is -0.348 e. The first-order valence-corrected chi connectivity index (χ1v) is 11.6. The lowest BCUT2D eigenvalue weighted by Crippen LogP contribution is -2.28. The van der Waals surface area contributed by atoms with Crippen LogP contribution >= 0.6 is 0 Å². The molecule has 7 heteroatoms. The molecule has 1 saturated heterocycles. The summed E-state index contributed by atoms with van der Waals surface area (Å²) in [5.74, 6) is -0.151. The molecule has 1 N–H and O–H groups in total. The fourth-order valence-electron chi connectivity index (χ4n) is 3.42. The molecule has 29 heavy (non-hydrogen) atoms. The van der Waals surface area contributed by atoms with Gasteiger partial charge in [0.2, 0.25) is 10.0 Å². The summed E-state index contributed by atoms with van der Waals surface area (Å²) < 4.78 is 25.1. The summed E-state index contributed by atoms with van der Waals surface area (Å²) in [6.45, 7) is 5.40. The van der Waals surface area contributed by atoms with E-state index in [1.807, 2.05) is 0 Å². The van der Waals surface area contributed by atoms with Crippen LogP contribution in [0.4, 0.5) is 5.69 Å². The van der Waals surface area contributed by atoms with Crippen LogP contribution in [0.15, 0.2) is 48.5 Å². The zero-order chi connectivity index (χ0) is 20.9. The summed E-state index contributed by atoms with van der Waals surface area (Å²) in [5.41, 5.74) is 3.39. The van der Waals surface area contributed by atoms with Crippen molar-refractivity contribution >= 4 is 21.6 Å². The molecule has 1 aliphatic heterocycles. The number of carbonyl (C=O) groups excluding carboxylic acids is 1. The molecule has 0 radical (unpaired) electrons. The third-order valence-corrected chi connectivity index (χ3v) is 7.13. The predicted molar refractivity (Wildman–Crippen MR) is 116 cm³/mol. The molecule has 1 heterocycles. The number of sulfonamides is 1. The third kappa shape index (κ3) is 5.58. The van der Waals surface area contributed by atoms with Gasteiger partial charge in [-0.2, -0.15) is 0 Å². The number of hydrogen-bond donors (Lipinski definition) is 1. The maximum atomic E-state index is 12.4. The lowest BCUT2D eigenvalue weighted by Gasteiger charge is -2.18. The second-order valence-corrected chi connectivity index (χ2v) is 9.69. The van der Waals surface area contributed by atoms with Crippen molar-refractivity contribution in [2.45, 2.75) is 32.9 Å². The van der Waals surface area contributed by atoms with Crippen LogP contribution in [0.25, 0.3) is 0 Å². The fourth-order valence-corrected chi connectivity index (χ4v) is 4.25. The lowest BCUT2D eigenvalue weighted by molar-refractivity contribution is 0.0951. The van der Waals surface area contributed by atoms with Crippen molar-refractivity contribution in [3.05, 3.63) is 65.2 Å². The smallest absolute Gasteiger partial charge is 0.251 e. The van der Waals surface area contributed by atoms with Gasteiger partial charge < -0.3 is 5.32 Å². The number of nitrogens with zero attached hydrogens (tertiary/aromatic N) is 2. The number of hydrogen-bond acceptors (Lipinski definition) is 4. The Morgan fingerprint density at radius 2 is 1.59 bits per heavy atom. The molecule has 0 atom stereocenters. The maximum Gasteiger partial charge on any atom is 0.251 e. The van der Waals surface area contributed by atoms with Gasteiger partial charge in [-0.05, 0) is 68.2 Å². The number of amides is 1. The molecule has 1 aliphatic rings. The quantitative estimate of drug-likeness (QED) is 0.720. The van der Waals surface area contributed by atoms with Gasteiger partial charge in [0.25, 0.3) is 5.91 Å². The van der Waals surface area contributed by atoms with Crippen molar-refractivity contribution in [1.29, 1.82) is 0 Å². The van der Waals surface area contributed by atoms with Gasteiger partial charge in [0.15, 0.2) is 0 Å². The van der Waals surface area contributed by atoms with Gasteiger partial charge >= 0.3 is 0 Å². The number of benzene rings is 2. The molecule has 156 valence electrons. The first-order chi connectivity index (χ1) is 13.9. The van der Waals surface area contributed by atoms with E-state index in [-0.39, 0.29) is 11.7 Å². The molecule has 0 aromatic heterocycles. The molecule has 0 aliphatic carbocycles. The highest BCUT2D eigenvalue weighted by Gasteiger charge is 2.16. The molecule has 3 rings (SSSR count). The Balaban J connectivity index is 1.53. The molecule has 2 aromatic carbocycles. The second-order valence-electron chi connectivity index (χ2n) is 7.40. The van der Waals surface area contributed by atoms with Crippen LogP contribution in [0.2, 0.25) is 0 Å². The highest BCUT2D eigenvalue weighted by atomic mass is 32.2. The number of nitrogens with one attached hydrogen (secondary N) is 1. The molecule has 6 nitrogen and oxygen atoms in total. The van der Waals surface area contributed by atoms with Gasteiger partial charge in [0.05, 0.1) is 11.4 Å². The summed E-state index contributed by atoms with van der Waals surface area (Å²) in [6.07, 6.45) is 2.57. The lowest BCUT2D eigenvalue weighted by atomic mass is 10.1. The van der Waals surface area contributed by atoms with Crippen molar-refractivity contribution in [2.75, 3.05) is 30.2 Å². The molecule has 0 saturated carbocycles. The van der Waals surface area contributed by atoms with Crippen LogP contribution in [0.5, 0.6) is 0 Å². The topological polar surface area (TPSA) is 69.7 Å². The summed E-state index contributed by atoms with van der Waals surface area (Å²) >= 11 is 0. The number of rotatable bonds is 8. The Morgan fingerprint density at radius 3 is 2.17 bits per heavy atom. The SMILES string of the molecule is CCS(=O)(=O)N(C)c1ccc(C(=O)NCc2ccc(CN3CCCC3)cc2)cc1. The van der Waals surface area contributed by atoms with E-state index in [4.69, 9.17) is 0 Å². The molecule has 1 amide bonds. The first kappa shape index (κ1) is 21.3. The van der Waals surface area contributed by atoms with E-state index in [0.717, 1.165) is 12.1 Å². The maximum absolute atomic E-state index is 12.4. The molecular formula is C22H29N3O3S. The van der Waals surface area contributed by atoms with Crippen molar-refractivity contribution in [1.82, 2.24) is 10.2 Å². The Morgan fingerprint density at radius 1 is 1.00 bits per heavy atom. The van der Waals surface area contributed by atoms with Crippen LogP contribution < -0.4 is 9.62 Å². The van der Waals surface area contributed by atoms with Crippen molar-refractivity contribution < 1.29 is 13.2 Å². The largest absolute Gasteiger partial charge is 0.348 e. The molecule has 0 unspecified atom stereocenters. The molecular weight excluding hydrogens is 386 g/mol. The van der Waals surface area contributed by atoms with E-state index >= 15 is 0 Å². The van der Waals surface area contributed by atoms with Crippen LogP contribution in [-0.4, -0.2) is 45.1 Å². The van der Waals surface area contributed by atoms with Crippen LogP contribution in [-0.2, 0) is 23.1 Å². The van der Waals surface area contributed by atoms with Gasteiger partial charge in [0.1, 0.15) is 0 Å². The summed E-state index contributed by atoms with van der Waals surface area (Å²) in [4.78, 5) is 14.9. The summed E-state index contributed by atoms with van der Waals surface area (Å²) in [6, 6.07) is 14.9. The molecule has 0 bridgehead atoms. The minimum atomic E-state index is -3.31. The van der Waals surface area contributed by atoms with Gasteiger partial charge in [-0.15, -0.1) is 0 Å². The number of likely N-dealkylation sites (tertiary alicyclic amines) is 1. The van der Waals surface area contributed by atoms with E-state index < -0.39 is 10.0 Å². The summed E-state index contributed by atoms with van der Waals surface area (Å²) in [5, 5.41) is 2.92. The van der Waals surface area contributed by atoms with Crippen LogP contribution in [0.1, 0.15) is 41.3 Å². The Labute approximate surface area is 173 Å². The normalized spacial score (nSPS) is 14.7. The fraction of sp³-hybridized carbons (Fsp3) is 0.409. The second kappa shape index (κ2) is 9.41. The van der Waals surface area contributed by atoms with Crippen molar-refractivity contribution in [2.24, 2.45) is 0 Å². The number of carbonyl (C=O) groups is 1. The van der Waals surface area contributed by atoms with Gasteiger partial charge in [-0.3, -0.25) is 14.0 Å². The standard InChI is InChI=1S/C22H29N3O3S/c1-3-29(27,28)24(2)21-12-10-20(11-13-21)22(26)23-16-18-6-8-19(9-7-18)17-25-14-4-5-15-25/h6-13H,3-5,14-17H2,1-2H3,(H,23,26). The van der Waals surface area contributed by atoms with E-state index in [9.17, 15) is 13.2 Å². The van der Waals surface area contributed by atoms with Crippen molar-refractivity contribution in [3.8, 4) is 0 Å². The van der Waals surface area contributed by atoms with Crippen LogP contribution in [0, 0.1) is 0 Å². The Hall–Kier alpha value is -2.38. The predicted octanol–water partition coefficient (Wildman–Crippen LogP) is 3.00. The highest BCUT2D eigenvalue weighted by Crippen LogP contribution is 2.17. The average Bonchev–Trinajstić information content (AvgIpc) is 3.25. The third-order valence-electron chi connectivity index (χ3n) is 5.36. The first-order valence-electron chi connectivity index (χ1n) is 10.0. The zero-order valence-corrected chi connectivity index (χ0v) is 17.9. The van der Waals surface area contributed by atoms with Crippen molar-refractivity contribution in [3.63, 3.8) is 0 Å². The molecule has 1 fully saturated rings. The van der Waals surface area contributed by atoms with Gasteiger partial charge in [-0.25, -0.2) is 8.42 Å². The average molecular weight is 416 g/mol. The highest BCUT2D eigenvalue weighted by molar-refractivity contribution is 7.92. The minimum absolute atomic E-state index is 0.0303. The van der Waals surface area contributed by atoms with Crippen LogP contribution in [0.3, 0.4) is 0 Å². The monoisotopic (exact) mass is 415 g/mol. The van der Waals surface area contributed by atoms with E-state index in [0.29, 0.717) is 17.8 Å².